The number of ether oxygens (including phenoxy) is 1. The highest BCUT2D eigenvalue weighted by Gasteiger charge is 2.11. The van der Waals surface area contributed by atoms with Gasteiger partial charge in [-0.3, -0.25) is 10.9 Å². The number of nitrogens with one attached hydrogen (secondary N) is 2. The first-order chi connectivity index (χ1) is 6.81. The van der Waals surface area contributed by atoms with Crippen molar-refractivity contribution in [2.24, 2.45) is 4.99 Å². The van der Waals surface area contributed by atoms with Crippen LogP contribution in [0.3, 0.4) is 0 Å². The molecule has 1 aliphatic rings. The Labute approximate surface area is 80.0 Å². The van der Waals surface area contributed by atoms with E-state index in [-0.39, 0.29) is 0 Å². The van der Waals surface area contributed by atoms with Crippen molar-refractivity contribution in [3.63, 3.8) is 0 Å². The van der Waals surface area contributed by atoms with E-state index in [9.17, 15) is 4.79 Å². The number of fused-ring (bicyclic) bond motifs is 1. The van der Waals surface area contributed by atoms with E-state index in [1.165, 1.54) is 19.6 Å². The van der Waals surface area contributed by atoms with Crippen LogP contribution in [0.2, 0.25) is 0 Å². The molecular formula is C8H8N4O2. The Morgan fingerprint density at radius 3 is 3.21 bits per heavy atom. The minimum atomic E-state index is -0.422. The number of carbonyl (C=O) groups is 1. The number of nitrogens with zero attached hydrogens (tertiary/aromatic N) is 2. The molecule has 0 radical (unpaired) electrons. The molecule has 2 heterocycles. The van der Waals surface area contributed by atoms with Gasteiger partial charge < -0.3 is 4.74 Å². The maximum absolute atomic E-state index is 11.1. The Kier molecular flexibility index (Phi) is 2.02. The first-order valence-electron chi connectivity index (χ1n) is 3.93. The van der Waals surface area contributed by atoms with Crippen LogP contribution in [0.4, 0.5) is 11.5 Å². The predicted octanol–water partition coefficient (Wildman–Crippen LogP) is 0.458. The standard InChI is InChI=1S/C8H8N4O2/c1-14-8(13)5-2-6-7(9-3-5)12-11-4-10-6/h2-4H,1H3,(H,9,12)(H,10,11). The summed E-state index contributed by atoms with van der Waals surface area (Å²) in [4.78, 5) is 19.2. The average Bonchev–Trinajstić information content (AvgIpc) is 2.27. The quantitative estimate of drug-likeness (QED) is 0.632. The highest BCUT2D eigenvalue weighted by atomic mass is 16.5. The fraction of sp³-hybridized carbons (Fsp3) is 0.125. The number of esters is 1. The minimum absolute atomic E-state index is 0.382. The maximum atomic E-state index is 11.1. The van der Waals surface area contributed by atoms with Crippen LogP contribution < -0.4 is 10.9 Å². The highest BCUT2D eigenvalue weighted by Crippen LogP contribution is 2.24. The van der Waals surface area contributed by atoms with Crippen LogP contribution in [0.25, 0.3) is 0 Å². The fourth-order valence-electron chi connectivity index (χ4n) is 1.08. The molecule has 72 valence electrons. The van der Waals surface area contributed by atoms with Crippen LogP contribution in [0.1, 0.15) is 10.4 Å². The largest absolute Gasteiger partial charge is 0.465 e. The summed E-state index contributed by atoms with van der Waals surface area (Å²) in [6.45, 7) is 0. The average molecular weight is 192 g/mol. The third-order valence-electron chi connectivity index (χ3n) is 1.75. The summed E-state index contributed by atoms with van der Waals surface area (Å²) in [5.41, 5.74) is 6.45. The summed E-state index contributed by atoms with van der Waals surface area (Å²) in [5, 5.41) is 0. The number of aliphatic imine (C=N–C) groups is 1. The van der Waals surface area contributed by atoms with Crippen LogP contribution in [-0.2, 0) is 4.74 Å². The van der Waals surface area contributed by atoms with Crippen molar-refractivity contribution in [1.82, 2.24) is 10.4 Å². The van der Waals surface area contributed by atoms with Crippen LogP contribution in [0.15, 0.2) is 17.3 Å². The number of rotatable bonds is 1. The number of hydrogen-bond donors (Lipinski definition) is 2. The molecule has 0 amide bonds. The molecule has 1 aromatic heterocycles. The van der Waals surface area contributed by atoms with Crippen molar-refractivity contribution in [3.05, 3.63) is 17.8 Å². The molecular weight excluding hydrogens is 184 g/mol. The molecule has 0 spiro atoms. The predicted molar refractivity (Wildman–Crippen MR) is 50.5 cm³/mol. The molecule has 6 heteroatoms. The zero-order valence-electron chi connectivity index (χ0n) is 7.44. The van der Waals surface area contributed by atoms with Crippen molar-refractivity contribution in [2.45, 2.75) is 0 Å². The topological polar surface area (TPSA) is 75.6 Å². The van der Waals surface area contributed by atoms with Crippen LogP contribution in [0, 0.1) is 0 Å². The van der Waals surface area contributed by atoms with Gasteiger partial charge in [0.05, 0.1) is 12.7 Å². The van der Waals surface area contributed by atoms with Gasteiger partial charge in [-0.05, 0) is 6.07 Å². The monoisotopic (exact) mass is 192 g/mol. The first kappa shape index (κ1) is 8.49. The summed E-state index contributed by atoms with van der Waals surface area (Å²) in [6.07, 6.45) is 2.91. The summed E-state index contributed by atoms with van der Waals surface area (Å²) in [7, 11) is 1.32. The molecule has 0 saturated carbocycles. The minimum Gasteiger partial charge on any atom is -0.465 e. The molecule has 0 aromatic carbocycles. The van der Waals surface area contributed by atoms with E-state index in [4.69, 9.17) is 0 Å². The zero-order valence-corrected chi connectivity index (χ0v) is 7.44. The first-order valence-corrected chi connectivity index (χ1v) is 3.93. The molecule has 14 heavy (non-hydrogen) atoms. The normalized spacial score (nSPS) is 12.4. The summed E-state index contributed by atoms with van der Waals surface area (Å²) in [5.74, 6) is 0.161. The molecule has 0 fully saturated rings. The second-order valence-corrected chi connectivity index (χ2v) is 2.61. The van der Waals surface area contributed by atoms with Gasteiger partial charge in [0.1, 0.15) is 12.0 Å². The second kappa shape index (κ2) is 3.33. The van der Waals surface area contributed by atoms with Gasteiger partial charge in [-0.2, -0.15) is 0 Å². The summed E-state index contributed by atoms with van der Waals surface area (Å²) < 4.78 is 4.56. The van der Waals surface area contributed by atoms with Crippen LogP contribution in [0.5, 0.6) is 0 Å². The van der Waals surface area contributed by atoms with Gasteiger partial charge in [0.25, 0.3) is 0 Å². The molecule has 2 rings (SSSR count). The molecule has 1 aliphatic heterocycles. The van der Waals surface area contributed by atoms with Gasteiger partial charge in [-0.15, -0.1) is 0 Å². The number of hydrazine groups is 1. The Morgan fingerprint density at radius 2 is 2.43 bits per heavy atom. The van der Waals surface area contributed by atoms with E-state index < -0.39 is 5.97 Å². The number of anilines is 1. The van der Waals surface area contributed by atoms with Crippen LogP contribution >= 0.6 is 0 Å². The lowest BCUT2D eigenvalue weighted by Crippen LogP contribution is -2.23. The summed E-state index contributed by atoms with van der Waals surface area (Å²) >= 11 is 0. The molecule has 0 saturated heterocycles. The Bertz CT molecular complexity index is 402. The van der Waals surface area contributed by atoms with Crippen LogP contribution in [-0.4, -0.2) is 24.4 Å². The van der Waals surface area contributed by atoms with Crippen molar-refractivity contribution in [3.8, 4) is 0 Å². The molecule has 6 nitrogen and oxygen atoms in total. The molecule has 0 bridgehead atoms. The fourth-order valence-corrected chi connectivity index (χ4v) is 1.08. The Morgan fingerprint density at radius 1 is 1.57 bits per heavy atom. The number of carbonyl (C=O) groups excluding carboxylic acids is 1. The second-order valence-electron chi connectivity index (χ2n) is 2.61. The highest BCUT2D eigenvalue weighted by molar-refractivity contribution is 5.91. The molecule has 1 aromatic rings. The van der Waals surface area contributed by atoms with Gasteiger partial charge in [-0.1, -0.05) is 0 Å². The number of methoxy groups -OCH3 is 1. The number of aromatic nitrogens is 1. The third-order valence-corrected chi connectivity index (χ3v) is 1.75. The van der Waals surface area contributed by atoms with Gasteiger partial charge in [0, 0.05) is 6.20 Å². The Balaban J connectivity index is 2.40. The lowest BCUT2D eigenvalue weighted by Gasteiger charge is -2.12. The lowest BCUT2D eigenvalue weighted by molar-refractivity contribution is 0.0600. The van der Waals surface area contributed by atoms with Crippen molar-refractivity contribution >= 4 is 23.8 Å². The number of pyridine rings is 1. The lowest BCUT2D eigenvalue weighted by atomic mass is 10.2. The van der Waals surface area contributed by atoms with Gasteiger partial charge in [-0.25, -0.2) is 14.8 Å². The SMILES string of the molecule is COC(=O)c1cnc2c(c1)N=CNN2. The van der Waals surface area contributed by atoms with Crippen molar-refractivity contribution in [1.29, 1.82) is 0 Å². The molecule has 0 atom stereocenters. The maximum Gasteiger partial charge on any atom is 0.339 e. The van der Waals surface area contributed by atoms with E-state index in [2.05, 4.69) is 25.6 Å². The Hall–Kier alpha value is -2.11. The smallest absolute Gasteiger partial charge is 0.339 e. The molecule has 0 unspecified atom stereocenters. The number of hydrogen-bond acceptors (Lipinski definition) is 6. The summed E-state index contributed by atoms with van der Waals surface area (Å²) in [6, 6.07) is 1.61. The van der Waals surface area contributed by atoms with Gasteiger partial charge in [0.15, 0.2) is 5.82 Å². The van der Waals surface area contributed by atoms with E-state index in [1.54, 1.807) is 6.07 Å². The van der Waals surface area contributed by atoms with E-state index in [1.807, 2.05) is 0 Å². The molecule has 2 N–H and O–H groups in total. The van der Waals surface area contributed by atoms with E-state index >= 15 is 0 Å². The van der Waals surface area contributed by atoms with Gasteiger partial charge >= 0.3 is 5.97 Å². The van der Waals surface area contributed by atoms with Crippen molar-refractivity contribution in [2.75, 3.05) is 12.5 Å². The van der Waals surface area contributed by atoms with E-state index in [0.717, 1.165) is 0 Å². The third kappa shape index (κ3) is 1.37. The zero-order chi connectivity index (χ0) is 9.97. The molecule has 0 aliphatic carbocycles. The van der Waals surface area contributed by atoms with Crippen molar-refractivity contribution < 1.29 is 9.53 Å². The van der Waals surface area contributed by atoms with E-state index in [0.29, 0.717) is 17.1 Å². The van der Waals surface area contributed by atoms with Gasteiger partial charge in [0.2, 0.25) is 0 Å².